The highest BCUT2D eigenvalue weighted by molar-refractivity contribution is 5.44. The van der Waals surface area contributed by atoms with Crippen molar-refractivity contribution in [1.82, 2.24) is 0 Å². The van der Waals surface area contributed by atoms with E-state index in [-0.39, 0.29) is 0 Å². The van der Waals surface area contributed by atoms with Crippen molar-refractivity contribution in [3.63, 3.8) is 0 Å². The number of hydrogen-bond donors (Lipinski definition) is 1. The number of benzene rings is 1. The van der Waals surface area contributed by atoms with E-state index in [1.54, 1.807) is 0 Å². The van der Waals surface area contributed by atoms with Gasteiger partial charge in [-0.05, 0) is 49.4 Å². The Labute approximate surface area is 98.8 Å². The van der Waals surface area contributed by atoms with Crippen LogP contribution in [0, 0.1) is 6.92 Å². The number of ether oxygens (including phenoxy) is 1. The maximum Gasteiger partial charge on any atom is 0.125 e. The Bertz CT molecular complexity index is 334. The van der Waals surface area contributed by atoms with Gasteiger partial charge in [0.2, 0.25) is 0 Å². The van der Waals surface area contributed by atoms with Gasteiger partial charge in [-0.3, -0.25) is 0 Å². The van der Waals surface area contributed by atoms with E-state index >= 15 is 0 Å². The van der Waals surface area contributed by atoms with Gasteiger partial charge in [-0.2, -0.15) is 0 Å². The van der Waals surface area contributed by atoms with Crippen LogP contribution in [0.2, 0.25) is 0 Å². The van der Waals surface area contributed by atoms with E-state index in [2.05, 4.69) is 32.9 Å². The Morgan fingerprint density at radius 2 is 2.00 bits per heavy atom. The normalized spacial score (nSPS) is 10.5. The zero-order chi connectivity index (χ0) is 12.0. The number of rotatable bonds is 6. The molecule has 0 aromatic heterocycles. The van der Waals surface area contributed by atoms with E-state index in [0.717, 1.165) is 31.6 Å². The summed E-state index contributed by atoms with van der Waals surface area (Å²) in [5, 5.41) is 0. The summed E-state index contributed by atoms with van der Waals surface area (Å²) in [5.41, 5.74) is 9.44. The molecule has 0 aliphatic carbocycles. The summed E-state index contributed by atoms with van der Waals surface area (Å²) in [5.74, 6) is 1.07. The van der Waals surface area contributed by atoms with Gasteiger partial charge < -0.3 is 10.5 Å². The summed E-state index contributed by atoms with van der Waals surface area (Å²) >= 11 is 0. The monoisotopic (exact) mass is 221 g/mol. The van der Waals surface area contributed by atoms with E-state index < -0.39 is 0 Å². The minimum atomic E-state index is 0.706. The van der Waals surface area contributed by atoms with Crippen LogP contribution in [0.4, 0.5) is 0 Å². The van der Waals surface area contributed by atoms with Gasteiger partial charge in [0.25, 0.3) is 0 Å². The third kappa shape index (κ3) is 3.24. The Morgan fingerprint density at radius 1 is 1.25 bits per heavy atom. The van der Waals surface area contributed by atoms with Gasteiger partial charge in [0.05, 0.1) is 6.61 Å². The lowest BCUT2D eigenvalue weighted by molar-refractivity contribution is 0.312. The Balaban J connectivity index is 2.97. The molecule has 0 aliphatic rings. The fraction of sp³-hybridized carbons (Fsp3) is 0.571. The summed E-state index contributed by atoms with van der Waals surface area (Å²) in [6, 6.07) is 4.42. The molecule has 0 atom stereocenters. The van der Waals surface area contributed by atoms with Crippen LogP contribution < -0.4 is 10.5 Å². The highest BCUT2D eigenvalue weighted by atomic mass is 16.5. The zero-order valence-electron chi connectivity index (χ0n) is 10.7. The first-order valence-electron chi connectivity index (χ1n) is 6.18. The van der Waals surface area contributed by atoms with Crippen LogP contribution in [0.5, 0.6) is 5.75 Å². The van der Waals surface area contributed by atoms with Crippen molar-refractivity contribution < 1.29 is 4.74 Å². The van der Waals surface area contributed by atoms with E-state index in [1.165, 1.54) is 16.7 Å². The van der Waals surface area contributed by atoms with Crippen molar-refractivity contribution in [1.29, 1.82) is 0 Å². The topological polar surface area (TPSA) is 35.2 Å². The largest absolute Gasteiger partial charge is 0.493 e. The molecule has 1 aromatic carbocycles. The predicted molar refractivity (Wildman–Crippen MR) is 69.1 cm³/mol. The summed E-state index contributed by atoms with van der Waals surface area (Å²) < 4.78 is 5.81. The van der Waals surface area contributed by atoms with Crippen molar-refractivity contribution in [2.45, 2.75) is 40.0 Å². The third-order valence-electron chi connectivity index (χ3n) is 2.68. The number of hydrogen-bond acceptors (Lipinski definition) is 2. The SMILES string of the molecule is CCCOc1c(C)cc(CCN)cc1CC. The lowest BCUT2D eigenvalue weighted by Crippen LogP contribution is -2.06. The molecule has 2 heteroatoms. The van der Waals surface area contributed by atoms with Crippen molar-refractivity contribution in [2.24, 2.45) is 5.73 Å². The molecule has 0 saturated heterocycles. The molecule has 1 rings (SSSR count). The molecule has 0 bridgehead atoms. The van der Waals surface area contributed by atoms with Crippen LogP contribution in [0.3, 0.4) is 0 Å². The minimum absolute atomic E-state index is 0.706. The maximum absolute atomic E-state index is 5.81. The van der Waals surface area contributed by atoms with Gasteiger partial charge in [-0.25, -0.2) is 0 Å². The van der Waals surface area contributed by atoms with Crippen molar-refractivity contribution in [3.05, 3.63) is 28.8 Å². The van der Waals surface area contributed by atoms with E-state index in [0.29, 0.717) is 6.54 Å². The Kier molecular flexibility index (Phi) is 5.33. The zero-order valence-corrected chi connectivity index (χ0v) is 10.7. The molecule has 0 heterocycles. The summed E-state index contributed by atoms with van der Waals surface area (Å²) in [7, 11) is 0. The highest BCUT2D eigenvalue weighted by Crippen LogP contribution is 2.26. The second-order valence-corrected chi connectivity index (χ2v) is 4.14. The molecule has 0 unspecified atom stereocenters. The first kappa shape index (κ1) is 13.0. The number of nitrogens with two attached hydrogens (primary N) is 1. The average Bonchev–Trinajstić information content (AvgIpc) is 2.27. The molecular weight excluding hydrogens is 198 g/mol. The summed E-state index contributed by atoms with van der Waals surface area (Å²) in [6.07, 6.45) is 3.01. The average molecular weight is 221 g/mol. The molecule has 0 radical (unpaired) electrons. The van der Waals surface area contributed by atoms with E-state index in [9.17, 15) is 0 Å². The van der Waals surface area contributed by atoms with Crippen molar-refractivity contribution in [3.8, 4) is 5.75 Å². The van der Waals surface area contributed by atoms with Gasteiger partial charge in [0.1, 0.15) is 5.75 Å². The lowest BCUT2D eigenvalue weighted by atomic mass is 10.0. The van der Waals surface area contributed by atoms with Gasteiger partial charge in [-0.1, -0.05) is 26.0 Å². The first-order valence-corrected chi connectivity index (χ1v) is 6.18. The molecule has 2 N–H and O–H groups in total. The maximum atomic E-state index is 5.81. The first-order chi connectivity index (χ1) is 7.72. The molecule has 2 nitrogen and oxygen atoms in total. The lowest BCUT2D eigenvalue weighted by Gasteiger charge is -2.14. The van der Waals surface area contributed by atoms with Gasteiger partial charge in [-0.15, -0.1) is 0 Å². The summed E-state index contributed by atoms with van der Waals surface area (Å²) in [4.78, 5) is 0. The quantitative estimate of drug-likeness (QED) is 0.801. The molecule has 0 amide bonds. The Hall–Kier alpha value is -1.02. The third-order valence-corrected chi connectivity index (χ3v) is 2.68. The van der Waals surface area contributed by atoms with Crippen LogP contribution >= 0.6 is 0 Å². The van der Waals surface area contributed by atoms with Crippen LogP contribution in [-0.2, 0) is 12.8 Å². The molecule has 0 aliphatic heterocycles. The summed E-state index contributed by atoms with van der Waals surface area (Å²) in [6.45, 7) is 7.91. The predicted octanol–water partition coefficient (Wildman–Crippen LogP) is 2.85. The van der Waals surface area contributed by atoms with Crippen molar-refractivity contribution >= 4 is 0 Å². The molecule has 16 heavy (non-hydrogen) atoms. The van der Waals surface area contributed by atoms with Crippen molar-refractivity contribution in [2.75, 3.05) is 13.2 Å². The smallest absolute Gasteiger partial charge is 0.125 e. The van der Waals surface area contributed by atoms with E-state index in [4.69, 9.17) is 10.5 Å². The minimum Gasteiger partial charge on any atom is -0.493 e. The van der Waals surface area contributed by atoms with Crippen LogP contribution in [-0.4, -0.2) is 13.2 Å². The molecule has 1 aromatic rings. The van der Waals surface area contributed by atoms with Gasteiger partial charge in [0.15, 0.2) is 0 Å². The van der Waals surface area contributed by atoms with Gasteiger partial charge in [0, 0.05) is 0 Å². The molecule has 0 saturated carbocycles. The fourth-order valence-electron chi connectivity index (χ4n) is 1.91. The number of aryl methyl sites for hydroxylation is 2. The Morgan fingerprint density at radius 3 is 2.56 bits per heavy atom. The second-order valence-electron chi connectivity index (χ2n) is 4.14. The molecule has 0 spiro atoms. The molecular formula is C14H23NO. The highest BCUT2D eigenvalue weighted by Gasteiger charge is 2.07. The standard InChI is InChI=1S/C14H23NO/c1-4-8-16-14-11(3)9-12(6-7-15)10-13(14)5-2/h9-10H,4-8,15H2,1-3H3. The fourth-order valence-corrected chi connectivity index (χ4v) is 1.91. The van der Waals surface area contributed by atoms with Crippen LogP contribution in [0.1, 0.15) is 37.0 Å². The van der Waals surface area contributed by atoms with Crippen LogP contribution in [0.25, 0.3) is 0 Å². The van der Waals surface area contributed by atoms with Crippen LogP contribution in [0.15, 0.2) is 12.1 Å². The molecule has 0 fully saturated rings. The van der Waals surface area contributed by atoms with Gasteiger partial charge >= 0.3 is 0 Å². The molecule has 90 valence electrons. The van der Waals surface area contributed by atoms with E-state index in [1.807, 2.05) is 0 Å². The second kappa shape index (κ2) is 6.54.